The highest BCUT2D eigenvalue weighted by Gasteiger charge is 2.65. The molecule has 0 heterocycles. The van der Waals surface area contributed by atoms with Crippen LogP contribution in [-0.2, 0) is 24.4 Å². The molecule has 0 amide bonds. The molecule has 0 bridgehead atoms. The van der Waals surface area contributed by atoms with Crippen LogP contribution in [0.1, 0.15) is 13.3 Å². The highest BCUT2D eigenvalue weighted by molar-refractivity contribution is 7.87. The Morgan fingerprint density at radius 1 is 1.22 bits per heavy atom. The van der Waals surface area contributed by atoms with Crippen LogP contribution in [-0.4, -0.2) is 42.5 Å². The lowest BCUT2D eigenvalue weighted by Crippen LogP contribution is -2.47. The van der Waals surface area contributed by atoms with E-state index in [4.69, 9.17) is 4.55 Å². The zero-order valence-corrected chi connectivity index (χ0v) is 9.64. The second kappa shape index (κ2) is 5.18. The van der Waals surface area contributed by atoms with Gasteiger partial charge in [-0.1, -0.05) is 0 Å². The quantitative estimate of drug-likeness (QED) is 0.334. The van der Waals surface area contributed by atoms with Crippen molar-refractivity contribution < 1.29 is 44.9 Å². The summed E-state index contributed by atoms with van der Waals surface area (Å²) in [6.07, 6.45) is -1.88. The summed E-state index contributed by atoms with van der Waals surface area (Å²) in [5.74, 6) is -7.82. The number of carbonyl (C=O) groups excluding carboxylic acids is 2. The number of ether oxygens (including phenoxy) is 1. The molecule has 106 valence electrons. The first-order valence-electron chi connectivity index (χ1n) is 4.23. The van der Waals surface area contributed by atoms with Gasteiger partial charge in [0, 0.05) is 6.92 Å². The number of rotatable bonds is 6. The lowest BCUT2D eigenvalue weighted by molar-refractivity contribution is -0.175. The van der Waals surface area contributed by atoms with E-state index in [-0.39, 0.29) is 0 Å². The highest BCUT2D eigenvalue weighted by Crippen LogP contribution is 2.40. The van der Waals surface area contributed by atoms with Crippen molar-refractivity contribution in [3.8, 4) is 0 Å². The molecule has 0 rings (SSSR count). The molecule has 0 unspecified atom stereocenters. The van der Waals surface area contributed by atoms with Crippen molar-refractivity contribution in [3.05, 3.63) is 0 Å². The molecule has 0 aliphatic heterocycles. The summed E-state index contributed by atoms with van der Waals surface area (Å²) in [5.41, 5.74) is 0. The third-order valence-electron chi connectivity index (χ3n) is 1.69. The Kier molecular flexibility index (Phi) is 4.83. The van der Waals surface area contributed by atoms with Crippen LogP contribution < -0.4 is 0 Å². The molecule has 0 saturated heterocycles. The van der Waals surface area contributed by atoms with Crippen molar-refractivity contribution in [2.45, 2.75) is 24.5 Å². The molecule has 0 saturated carbocycles. The van der Waals surface area contributed by atoms with Gasteiger partial charge in [-0.15, -0.1) is 0 Å². The Labute approximate surface area is 98.7 Å². The maximum atomic E-state index is 12.8. The van der Waals surface area contributed by atoms with E-state index in [1.807, 2.05) is 0 Å². The van der Waals surface area contributed by atoms with E-state index in [9.17, 15) is 35.6 Å². The number of carbonyl (C=O) groups is 2. The molecule has 0 aliphatic carbocycles. The van der Waals surface area contributed by atoms with E-state index >= 15 is 0 Å². The predicted molar refractivity (Wildman–Crippen MR) is 47.7 cm³/mol. The number of Topliss-reactive ketones (excluding diaryl/α,β-unsaturated/α-hetero) is 1. The lowest BCUT2D eigenvalue weighted by atomic mass is 10.2. The van der Waals surface area contributed by atoms with Gasteiger partial charge in [0.15, 0.2) is 0 Å². The normalized spacial score (nSPS) is 13.2. The number of alkyl halides is 4. The van der Waals surface area contributed by atoms with E-state index in [1.165, 1.54) is 0 Å². The van der Waals surface area contributed by atoms with Crippen molar-refractivity contribution in [1.29, 1.82) is 0 Å². The molecule has 0 aromatic carbocycles. The van der Waals surface area contributed by atoms with E-state index in [1.54, 1.807) is 0 Å². The lowest BCUT2D eigenvalue weighted by Gasteiger charge is -2.23. The minimum atomic E-state index is -6.32. The number of hydrogen-bond acceptors (Lipinski definition) is 5. The minimum absolute atomic E-state index is 0.757. The average Bonchev–Trinajstić information content (AvgIpc) is 2.14. The van der Waals surface area contributed by atoms with Crippen molar-refractivity contribution >= 4 is 21.9 Å². The molecule has 18 heavy (non-hydrogen) atoms. The van der Waals surface area contributed by atoms with E-state index in [2.05, 4.69) is 4.74 Å². The maximum Gasteiger partial charge on any atom is 0.431 e. The first-order chi connectivity index (χ1) is 7.83. The number of esters is 1. The van der Waals surface area contributed by atoms with Gasteiger partial charge in [0.05, 0.1) is 13.0 Å². The molecule has 0 aromatic rings. The van der Waals surface area contributed by atoms with Crippen LogP contribution in [0.15, 0.2) is 0 Å². The minimum Gasteiger partial charge on any atom is -0.460 e. The first kappa shape index (κ1) is 16.8. The first-order valence-corrected chi connectivity index (χ1v) is 5.67. The molecule has 1 N–H and O–H groups in total. The van der Waals surface area contributed by atoms with E-state index in [0.717, 1.165) is 6.92 Å². The molecular formula is C7H8F4O6S. The molecule has 11 heteroatoms. The summed E-state index contributed by atoms with van der Waals surface area (Å²) in [4.78, 5) is 20.8. The van der Waals surface area contributed by atoms with Gasteiger partial charge < -0.3 is 4.74 Å². The van der Waals surface area contributed by atoms with Crippen LogP contribution in [0.25, 0.3) is 0 Å². The molecule has 6 nitrogen and oxygen atoms in total. The predicted octanol–water partition coefficient (Wildman–Crippen LogP) is 0.625. The standard InChI is InChI=1S/C7H8F4O6S/c1-4(12)5(13)17-3-2-6(8,9)7(10,11)18(14,15)16/h2-3H2,1H3,(H,14,15,16). The largest absolute Gasteiger partial charge is 0.460 e. The molecule has 0 spiro atoms. The zero-order chi connectivity index (χ0) is 14.8. The average molecular weight is 296 g/mol. The van der Waals surface area contributed by atoms with Gasteiger partial charge in [-0.3, -0.25) is 9.35 Å². The Bertz CT molecular complexity index is 443. The molecule has 0 atom stereocenters. The Morgan fingerprint density at radius 3 is 2.00 bits per heavy atom. The van der Waals surface area contributed by atoms with Crippen LogP contribution in [0, 0.1) is 0 Å². The summed E-state index contributed by atoms with van der Waals surface area (Å²) < 4.78 is 82.7. The Hall–Kier alpha value is -1.23. The molecule has 0 aliphatic rings. The van der Waals surface area contributed by atoms with E-state index in [0.29, 0.717) is 0 Å². The fraction of sp³-hybridized carbons (Fsp3) is 0.714. The number of halogens is 4. The Balaban J connectivity index is 4.69. The van der Waals surface area contributed by atoms with Crippen LogP contribution >= 0.6 is 0 Å². The van der Waals surface area contributed by atoms with Crippen molar-refractivity contribution in [2.24, 2.45) is 0 Å². The fourth-order valence-electron chi connectivity index (χ4n) is 0.708. The topological polar surface area (TPSA) is 97.7 Å². The summed E-state index contributed by atoms with van der Waals surface area (Å²) in [5, 5.41) is -5.72. The highest BCUT2D eigenvalue weighted by atomic mass is 32.2. The third-order valence-corrected chi connectivity index (χ3v) is 2.63. The van der Waals surface area contributed by atoms with Crippen molar-refractivity contribution in [3.63, 3.8) is 0 Å². The van der Waals surface area contributed by atoms with Crippen molar-refractivity contribution in [2.75, 3.05) is 6.61 Å². The van der Waals surface area contributed by atoms with Gasteiger partial charge in [-0.2, -0.15) is 26.0 Å². The second-order valence-electron chi connectivity index (χ2n) is 3.14. The van der Waals surface area contributed by atoms with Gasteiger partial charge in [-0.25, -0.2) is 4.79 Å². The van der Waals surface area contributed by atoms with E-state index < -0.39 is 46.1 Å². The van der Waals surface area contributed by atoms with Crippen LogP contribution in [0.2, 0.25) is 0 Å². The second-order valence-corrected chi connectivity index (χ2v) is 4.60. The number of hydrogen-bond donors (Lipinski definition) is 1. The smallest absolute Gasteiger partial charge is 0.431 e. The molecule has 0 fully saturated rings. The third kappa shape index (κ3) is 3.63. The zero-order valence-electron chi connectivity index (χ0n) is 8.82. The summed E-state index contributed by atoms with van der Waals surface area (Å²) in [6.45, 7) is -0.552. The van der Waals surface area contributed by atoms with Gasteiger partial charge in [0.25, 0.3) is 0 Å². The van der Waals surface area contributed by atoms with Crippen LogP contribution in [0.4, 0.5) is 17.6 Å². The van der Waals surface area contributed by atoms with Crippen LogP contribution in [0.5, 0.6) is 0 Å². The van der Waals surface area contributed by atoms with Crippen molar-refractivity contribution in [1.82, 2.24) is 0 Å². The molecule has 0 radical (unpaired) electrons. The summed E-state index contributed by atoms with van der Waals surface area (Å²) in [7, 11) is -6.32. The monoisotopic (exact) mass is 296 g/mol. The number of ketones is 1. The molecule has 0 aromatic heterocycles. The fourth-order valence-corrected chi connectivity index (χ4v) is 1.19. The summed E-state index contributed by atoms with van der Waals surface area (Å²) in [6, 6.07) is 0. The van der Waals surface area contributed by atoms with Gasteiger partial charge in [-0.05, 0) is 0 Å². The SMILES string of the molecule is CC(=O)C(=O)OCCC(F)(F)C(F)(F)S(=O)(=O)O. The van der Waals surface area contributed by atoms with Gasteiger partial charge >= 0.3 is 27.3 Å². The Morgan fingerprint density at radius 2 is 1.67 bits per heavy atom. The molecular weight excluding hydrogens is 288 g/mol. The van der Waals surface area contributed by atoms with Crippen LogP contribution in [0.3, 0.4) is 0 Å². The summed E-state index contributed by atoms with van der Waals surface area (Å²) >= 11 is 0. The maximum absolute atomic E-state index is 12.8. The van der Waals surface area contributed by atoms with Gasteiger partial charge in [0.2, 0.25) is 5.78 Å². The van der Waals surface area contributed by atoms with Gasteiger partial charge in [0.1, 0.15) is 0 Å².